The lowest BCUT2D eigenvalue weighted by Crippen LogP contribution is -2.39. The van der Waals surface area contributed by atoms with Gasteiger partial charge < -0.3 is 9.47 Å². The van der Waals surface area contributed by atoms with Gasteiger partial charge in [-0.1, -0.05) is 0 Å². The summed E-state index contributed by atoms with van der Waals surface area (Å²) in [6.07, 6.45) is 1.55. The molecule has 0 unspecified atom stereocenters. The molecule has 0 spiro atoms. The van der Waals surface area contributed by atoms with E-state index in [0.29, 0.717) is 30.1 Å². The number of carbonyl (C=O) groups is 1. The number of ether oxygens (including phenoxy) is 2. The summed E-state index contributed by atoms with van der Waals surface area (Å²) >= 11 is 0. The van der Waals surface area contributed by atoms with Crippen LogP contribution in [-0.4, -0.2) is 48.2 Å². The fraction of sp³-hybridized carbons (Fsp3) is 0.600. The Hall–Kier alpha value is -1.62. The van der Waals surface area contributed by atoms with Crippen molar-refractivity contribution in [3.05, 3.63) is 23.9 Å². The average Bonchev–Trinajstić information content (AvgIpc) is 2.42. The van der Waals surface area contributed by atoms with Gasteiger partial charge in [-0.25, -0.2) is 9.78 Å². The van der Waals surface area contributed by atoms with Crippen LogP contribution in [0.5, 0.6) is 5.88 Å². The molecular formula is C15H24N2O3. The van der Waals surface area contributed by atoms with Gasteiger partial charge in [0.25, 0.3) is 0 Å². The molecule has 5 heteroatoms. The van der Waals surface area contributed by atoms with Crippen molar-refractivity contribution in [2.75, 3.05) is 20.3 Å². The van der Waals surface area contributed by atoms with Gasteiger partial charge >= 0.3 is 5.97 Å². The topological polar surface area (TPSA) is 51.7 Å². The van der Waals surface area contributed by atoms with Gasteiger partial charge in [0.1, 0.15) is 6.61 Å². The van der Waals surface area contributed by atoms with E-state index in [1.54, 1.807) is 18.3 Å². The van der Waals surface area contributed by atoms with Crippen molar-refractivity contribution in [3.8, 4) is 5.88 Å². The van der Waals surface area contributed by atoms with Crippen molar-refractivity contribution < 1.29 is 14.3 Å². The van der Waals surface area contributed by atoms with Gasteiger partial charge in [-0.3, -0.25) is 4.90 Å². The Labute approximate surface area is 120 Å². The third-order valence-electron chi connectivity index (χ3n) is 3.08. The molecule has 0 aliphatic heterocycles. The van der Waals surface area contributed by atoms with E-state index in [1.807, 2.05) is 0 Å². The molecule has 0 bridgehead atoms. The molecule has 5 nitrogen and oxygen atoms in total. The van der Waals surface area contributed by atoms with E-state index in [4.69, 9.17) is 4.74 Å². The molecule has 0 atom stereocenters. The highest BCUT2D eigenvalue weighted by molar-refractivity contribution is 5.89. The molecule has 0 saturated carbocycles. The molecule has 1 aromatic rings. The number of esters is 1. The third kappa shape index (κ3) is 4.81. The second kappa shape index (κ2) is 7.85. The molecule has 0 amide bonds. The molecule has 112 valence electrons. The van der Waals surface area contributed by atoms with Gasteiger partial charge in [0, 0.05) is 30.9 Å². The fourth-order valence-electron chi connectivity index (χ4n) is 2.10. The fourth-order valence-corrected chi connectivity index (χ4v) is 2.10. The van der Waals surface area contributed by atoms with Crippen LogP contribution in [0.25, 0.3) is 0 Å². The first kappa shape index (κ1) is 16.4. The zero-order valence-electron chi connectivity index (χ0n) is 12.9. The number of aromatic nitrogens is 1. The van der Waals surface area contributed by atoms with Crippen molar-refractivity contribution in [1.29, 1.82) is 0 Å². The maximum atomic E-state index is 11.4. The maximum absolute atomic E-state index is 11.4. The van der Waals surface area contributed by atoms with Gasteiger partial charge in [0.15, 0.2) is 0 Å². The van der Waals surface area contributed by atoms with Crippen LogP contribution in [0, 0.1) is 0 Å². The molecule has 0 fully saturated rings. The lowest BCUT2D eigenvalue weighted by Gasteiger charge is -2.30. The quantitative estimate of drug-likeness (QED) is 0.718. The van der Waals surface area contributed by atoms with E-state index in [1.165, 1.54) is 7.11 Å². The Bertz CT molecular complexity index is 425. The molecule has 0 saturated heterocycles. The third-order valence-corrected chi connectivity index (χ3v) is 3.08. The predicted molar refractivity (Wildman–Crippen MR) is 78.0 cm³/mol. The van der Waals surface area contributed by atoms with Crippen molar-refractivity contribution in [2.45, 2.75) is 39.8 Å². The van der Waals surface area contributed by atoms with Gasteiger partial charge in [-0.15, -0.1) is 0 Å². The van der Waals surface area contributed by atoms with E-state index >= 15 is 0 Å². The summed E-state index contributed by atoms with van der Waals surface area (Å²) < 4.78 is 10.3. The molecule has 0 radical (unpaired) electrons. The van der Waals surface area contributed by atoms with Crippen molar-refractivity contribution in [2.24, 2.45) is 0 Å². The molecule has 0 aliphatic carbocycles. The van der Waals surface area contributed by atoms with Crippen LogP contribution in [0.2, 0.25) is 0 Å². The van der Waals surface area contributed by atoms with Gasteiger partial charge in [-0.2, -0.15) is 0 Å². The Balaban J connectivity index is 2.55. The summed E-state index contributed by atoms with van der Waals surface area (Å²) in [5.74, 6) is 0.0589. The molecule has 0 N–H and O–H groups in total. The van der Waals surface area contributed by atoms with Crippen molar-refractivity contribution in [1.82, 2.24) is 9.88 Å². The van der Waals surface area contributed by atoms with Crippen molar-refractivity contribution in [3.63, 3.8) is 0 Å². The average molecular weight is 280 g/mol. The number of hydrogen-bond acceptors (Lipinski definition) is 5. The Morgan fingerprint density at radius 2 is 1.95 bits per heavy atom. The standard InChI is InChI=1S/C15H24N2O3/c1-11(2)17(12(3)4)8-9-20-14-10-13(6-7-16-14)15(18)19-5/h6-7,10-12H,8-9H2,1-5H3. The normalized spacial score (nSPS) is 11.2. The molecule has 1 rings (SSSR count). The highest BCUT2D eigenvalue weighted by atomic mass is 16.5. The number of rotatable bonds is 7. The van der Waals surface area contributed by atoms with Gasteiger partial charge in [-0.05, 0) is 33.8 Å². The summed E-state index contributed by atoms with van der Waals surface area (Å²) in [6, 6.07) is 4.13. The van der Waals surface area contributed by atoms with Crippen LogP contribution >= 0.6 is 0 Å². The van der Waals surface area contributed by atoms with Crippen LogP contribution in [0.15, 0.2) is 18.3 Å². The van der Waals surface area contributed by atoms with Crippen LogP contribution in [0.3, 0.4) is 0 Å². The maximum Gasteiger partial charge on any atom is 0.338 e. The number of pyridine rings is 1. The number of methoxy groups -OCH3 is 1. The van der Waals surface area contributed by atoms with E-state index < -0.39 is 0 Å². The molecule has 1 heterocycles. The highest BCUT2D eigenvalue weighted by Gasteiger charge is 2.13. The Kier molecular flexibility index (Phi) is 6.45. The lowest BCUT2D eigenvalue weighted by molar-refractivity contribution is 0.0600. The van der Waals surface area contributed by atoms with Gasteiger partial charge in [0.2, 0.25) is 5.88 Å². The molecule has 20 heavy (non-hydrogen) atoms. The largest absolute Gasteiger partial charge is 0.476 e. The monoisotopic (exact) mass is 280 g/mol. The number of carbonyl (C=O) groups excluding carboxylic acids is 1. The number of nitrogens with zero attached hydrogens (tertiary/aromatic N) is 2. The second-order valence-corrected chi connectivity index (χ2v) is 5.15. The zero-order chi connectivity index (χ0) is 15.1. The molecule has 0 aliphatic rings. The smallest absolute Gasteiger partial charge is 0.338 e. The first-order chi connectivity index (χ1) is 9.45. The van der Waals surface area contributed by atoms with E-state index in [2.05, 4.69) is 42.3 Å². The van der Waals surface area contributed by atoms with E-state index in [0.717, 1.165) is 6.54 Å². The number of hydrogen-bond donors (Lipinski definition) is 0. The zero-order valence-corrected chi connectivity index (χ0v) is 12.9. The van der Waals surface area contributed by atoms with Crippen LogP contribution < -0.4 is 4.74 Å². The van der Waals surface area contributed by atoms with E-state index in [9.17, 15) is 4.79 Å². The minimum atomic E-state index is -0.386. The van der Waals surface area contributed by atoms with E-state index in [-0.39, 0.29) is 5.97 Å². The minimum absolute atomic E-state index is 0.386. The first-order valence-electron chi connectivity index (χ1n) is 6.88. The summed E-state index contributed by atoms with van der Waals surface area (Å²) in [5, 5.41) is 0. The summed E-state index contributed by atoms with van der Waals surface area (Å²) in [6.45, 7) is 10.0. The van der Waals surface area contributed by atoms with Gasteiger partial charge in [0.05, 0.1) is 12.7 Å². The Morgan fingerprint density at radius 1 is 1.30 bits per heavy atom. The van der Waals surface area contributed by atoms with Crippen LogP contribution in [-0.2, 0) is 4.74 Å². The Morgan fingerprint density at radius 3 is 2.50 bits per heavy atom. The lowest BCUT2D eigenvalue weighted by atomic mass is 10.2. The SMILES string of the molecule is COC(=O)c1ccnc(OCCN(C(C)C)C(C)C)c1. The molecule has 0 aromatic carbocycles. The molecular weight excluding hydrogens is 256 g/mol. The molecule has 1 aromatic heterocycles. The second-order valence-electron chi connectivity index (χ2n) is 5.15. The first-order valence-corrected chi connectivity index (χ1v) is 6.88. The summed E-state index contributed by atoms with van der Waals surface area (Å²) in [4.78, 5) is 17.8. The van der Waals surface area contributed by atoms with Crippen LogP contribution in [0.1, 0.15) is 38.1 Å². The van der Waals surface area contributed by atoms with Crippen molar-refractivity contribution >= 4 is 5.97 Å². The van der Waals surface area contributed by atoms with Crippen LogP contribution in [0.4, 0.5) is 0 Å². The minimum Gasteiger partial charge on any atom is -0.476 e. The predicted octanol–water partition coefficient (Wildman–Crippen LogP) is 2.37. The summed E-state index contributed by atoms with van der Waals surface area (Å²) in [5.41, 5.74) is 0.446. The summed E-state index contributed by atoms with van der Waals surface area (Å²) in [7, 11) is 1.35. The highest BCUT2D eigenvalue weighted by Crippen LogP contribution is 2.11.